The molecule has 0 heterocycles. The van der Waals surface area contributed by atoms with E-state index in [2.05, 4.69) is 10.6 Å². The maximum atomic E-state index is 10.8. The lowest BCUT2D eigenvalue weighted by atomic mass is 10.4. The molecule has 0 unspecified atom stereocenters. The van der Waals surface area contributed by atoms with E-state index in [4.69, 9.17) is 10.8 Å². The molecule has 0 saturated carbocycles. The summed E-state index contributed by atoms with van der Waals surface area (Å²) >= 11 is 0. The van der Waals surface area contributed by atoms with Gasteiger partial charge in [0, 0.05) is 13.0 Å². The van der Waals surface area contributed by atoms with Crippen LogP contribution >= 0.6 is 0 Å². The first-order chi connectivity index (χ1) is 6.56. The number of aliphatic carboxylic acids is 1. The molecule has 0 bridgehead atoms. The van der Waals surface area contributed by atoms with Crippen LogP contribution in [0.5, 0.6) is 0 Å². The van der Waals surface area contributed by atoms with Crippen molar-refractivity contribution in [3.05, 3.63) is 0 Å². The molecular weight excluding hydrogens is 190 g/mol. The van der Waals surface area contributed by atoms with Crippen molar-refractivity contribution in [3.8, 4) is 0 Å². The smallest absolute Gasteiger partial charge is 0.322 e. The Morgan fingerprint density at radius 1 is 1.07 bits per heavy atom. The second-order valence-corrected chi connectivity index (χ2v) is 2.49. The minimum atomic E-state index is -1.13. The fraction of sp³-hybridized carbons (Fsp3) is 0.571. The van der Waals surface area contributed by atoms with Gasteiger partial charge in [0.1, 0.15) is 6.54 Å². The molecule has 0 aromatic heterocycles. The summed E-state index contributed by atoms with van der Waals surface area (Å²) in [5, 5.41) is 12.6. The average Bonchev–Trinajstić information content (AvgIpc) is 2.12. The number of rotatable bonds is 6. The molecule has 14 heavy (non-hydrogen) atoms. The van der Waals surface area contributed by atoms with Gasteiger partial charge in [0.25, 0.3) is 0 Å². The second-order valence-electron chi connectivity index (χ2n) is 2.49. The van der Waals surface area contributed by atoms with Crippen molar-refractivity contribution in [3.63, 3.8) is 0 Å². The van der Waals surface area contributed by atoms with E-state index in [0.717, 1.165) is 0 Å². The Balaban J connectivity index is 3.53. The number of nitrogens with two attached hydrogens (primary N) is 1. The summed E-state index contributed by atoms with van der Waals surface area (Å²) in [5.74, 6) is -2.01. The van der Waals surface area contributed by atoms with E-state index in [0.29, 0.717) is 0 Å². The van der Waals surface area contributed by atoms with Crippen LogP contribution in [0, 0.1) is 0 Å². The first kappa shape index (κ1) is 12.4. The van der Waals surface area contributed by atoms with Crippen LogP contribution in [0.15, 0.2) is 0 Å². The Morgan fingerprint density at radius 2 is 1.64 bits per heavy atom. The molecule has 7 heteroatoms. The molecule has 0 rings (SSSR count). The van der Waals surface area contributed by atoms with Crippen LogP contribution in [0.3, 0.4) is 0 Å². The van der Waals surface area contributed by atoms with Crippen LogP contribution in [-0.4, -0.2) is 42.5 Å². The number of hydrogen-bond acceptors (Lipinski definition) is 4. The standard InChI is InChI=1S/C7H13N3O4/c8-2-1-5(11)9-3-6(12)10-4-7(13)14/h1-4,8H2,(H,9,11)(H,10,12)(H,13,14). The summed E-state index contributed by atoms with van der Waals surface area (Å²) in [6.45, 7) is -0.472. The molecule has 0 aliphatic rings. The molecule has 0 aliphatic carbocycles. The van der Waals surface area contributed by atoms with Gasteiger partial charge in [0.2, 0.25) is 11.8 Å². The highest BCUT2D eigenvalue weighted by Crippen LogP contribution is 1.74. The first-order valence-corrected chi connectivity index (χ1v) is 4.01. The van der Waals surface area contributed by atoms with Crippen LogP contribution in [0.1, 0.15) is 6.42 Å². The monoisotopic (exact) mass is 203 g/mol. The zero-order chi connectivity index (χ0) is 11.0. The number of amides is 2. The Kier molecular flexibility index (Phi) is 6.04. The molecular formula is C7H13N3O4. The third kappa shape index (κ3) is 7.04. The van der Waals surface area contributed by atoms with E-state index in [1.54, 1.807) is 0 Å². The minimum Gasteiger partial charge on any atom is -0.480 e. The average molecular weight is 203 g/mol. The number of hydrogen-bond donors (Lipinski definition) is 4. The number of carbonyl (C=O) groups is 3. The summed E-state index contributed by atoms with van der Waals surface area (Å²) in [6.07, 6.45) is 0.145. The molecule has 80 valence electrons. The molecule has 0 radical (unpaired) electrons. The van der Waals surface area contributed by atoms with Crippen molar-refractivity contribution in [2.75, 3.05) is 19.6 Å². The summed E-state index contributed by atoms with van der Waals surface area (Å²) < 4.78 is 0. The maximum Gasteiger partial charge on any atom is 0.322 e. The Morgan fingerprint density at radius 3 is 2.14 bits per heavy atom. The van der Waals surface area contributed by atoms with E-state index < -0.39 is 18.4 Å². The van der Waals surface area contributed by atoms with Gasteiger partial charge in [-0.3, -0.25) is 14.4 Å². The van der Waals surface area contributed by atoms with Gasteiger partial charge in [-0.2, -0.15) is 0 Å². The minimum absolute atomic E-state index is 0.145. The van der Waals surface area contributed by atoms with Gasteiger partial charge in [0.15, 0.2) is 0 Å². The molecule has 0 aromatic rings. The van der Waals surface area contributed by atoms with Crippen LogP contribution in [0.4, 0.5) is 0 Å². The van der Waals surface area contributed by atoms with Gasteiger partial charge < -0.3 is 21.5 Å². The summed E-state index contributed by atoms with van der Waals surface area (Å²) in [5.41, 5.74) is 5.10. The van der Waals surface area contributed by atoms with E-state index in [-0.39, 0.29) is 25.4 Å². The lowest BCUT2D eigenvalue weighted by Gasteiger charge is -2.03. The van der Waals surface area contributed by atoms with Crippen molar-refractivity contribution >= 4 is 17.8 Å². The van der Waals surface area contributed by atoms with Gasteiger partial charge in [-0.15, -0.1) is 0 Å². The molecule has 0 atom stereocenters. The van der Waals surface area contributed by atoms with Gasteiger partial charge in [-0.05, 0) is 0 Å². The zero-order valence-corrected chi connectivity index (χ0v) is 7.58. The van der Waals surface area contributed by atoms with Gasteiger partial charge in [0.05, 0.1) is 6.54 Å². The number of carboxylic acids is 1. The van der Waals surface area contributed by atoms with Crippen molar-refractivity contribution in [1.29, 1.82) is 0 Å². The Bertz CT molecular complexity index is 229. The highest BCUT2D eigenvalue weighted by Gasteiger charge is 2.05. The highest BCUT2D eigenvalue weighted by molar-refractivity contribution is 5.86. The number of carboxylic acid groups (broad SMARTS) is 1. The maximum absolute atomic E-state index is 10.8. The van der Waals surface area contributed by atoms with Crippen molar-refractivity contribution in [2.24, 2.45) is 5.73 Å². The van der Waals surface area contributed by atoms with Crippen LogP contribution in [0.2, 0.25) is 0 Å². The highest BCUT2D eigenvalue weighted by atomic mass is 16.4. The SMILES string of the molecule is NCCC(=O)NCC(=O)NCC(=O)O. The molecule has 5 N–H and O–H groups in total. The van der Waals surface area contributed by atoms with Crippen LogP contribution in [0.25, 0.3) is 0 Å². The molecule has 0 fully saturated rings. The van der Waals surface area contributed by atoms with Crippen LogP contribution < -0.4 is 16.4 Å². The number of nitrogens with one attached hydrogen (secondary N) is 2. The topological polar surface area (TPSA) is 122 Å². The molecule has 7 nitrogen and oxygen atoms in total. The molecule has 2 amide bonds. The first-order valence-electron chi connectivity index (χ1n) is 4.01. The molecule has 0 saturated heterocycles. The molecule has 0 spiro atoms. The van der Waals surface area contributed by atoms with Crippen molar-refractivity contribution in [1.82, 2.24) is 10.6 Å². The Hall–Kier alpha value is -1.63. The predicted molar refractivity (Wildman–Crippen MR) is 47.3 cm³/mol. The fourth-order valence-corrected chi connectivity index (χ4v) is 0.635. The summed E-state index contributed by atoms with van der Waals surface area (Å²) in [6, 6.07) is 0. The lowest BCUT2D eigenvalue weighted by Crippen LogP contribution is -2.39. The molecule has 0 aliphatic heterocycles. The van der Waals surface area contributed by atoms with Crippen molar-refractivity contribution < 1.29 is 19.5 Å². The van der Waals surface area contributed by atoms with Gasteiger partial charge in [-0.1, -0.05) is 0 Å². The predicted octanol–water partition coefficient (Wildman–Crippen LogP) is -2.35. The van der Waals surface area contributed by atoms with E-state index in [1.807, 2.05) is 0 Å². The van der Waals surface area contributed by atoms with E-state index >= 15 is 0 Å². The summed E-state index contributed by atoms with van der Waals surface area (Å²) in [4.78, 5) is 31.7. The Labute approximate surface area is 80.6 Å². The normalized spacial score (nSPS) is 9.21. The third-order valence-corrected chi connectivity index (χ3v) is 1.25. The van der Waals surface area contributed by atoms with Crippen LogP contribution in [-0.2, 0) is 14.4 Å². The van der Waals surface area contributed by atoms with Gasteiger partial charge >= 0.3 is 5.97 Å². The quantitative estimate of drug-likeness (QED) is 0.385. The molecule has 0 aromatic carbocycles. The zero-order valence-electron chi connectivity index (χ0n) is 7.58. The fourth-order valence-electron chi connectivity index (χ4n) is 0.635. The second kappa shape index (κ2) is 6.84. The van der Waals surface area contributed by atoms with Gasteiger partial charge in [-0.25, -0.2) is 0 Å². The number of carbonyl (C=O) groups excluding carboxylic acids is 2. The third-order valence-electron chi connectivity index (χ3n) is 1.25. The van der Waals surface area contributed by atoms with Crippen molar-refractivity contribution in [2.45, 2.75) is 6.42 Å². The largest absolute Gasteiger partial charge is 0.480 e. The summed E-state index contributed by atoms with van der Waals surface area (Å²) in [7, 11) is 0. The van der Waals surface area contributed by atoms with E-state index in [9.17, 15) is 14.4 Å². The lowest BCUT2D eigenvalue weighted by molar-refractivity contribution is -0.137. The van der Waals surface area contributed by atoms with E-state index in [1.165, 1.54) is 0 Å².